The highest BCUT2D eigenvalue weighted by atomic mass is 19.4. The maximum atomic E-state index is 13.1. The monoisotopic (exact) mass is 359 g/mol. The molecular formula is C16H20F3N3O3. The third-order valence-corrected chi connectivity index (χ3v) is 4.53. The minimum absolute atomic E-state index is 0.0593. The second-order valence-electron chi connectivity index (χ2n) is 6.46. The first kappa shape index (κ1) is 17.9. The summed E-state index contributed by atoms with van der Waals surface area (Å²) in [7, 11) is 0. The molecular weight excluding hydrogens is 339 g/mol. The molecule has 25 heavy (non-hydrogen) atoms. The number of rotatable bonds is 4. The molecule has 0 unspecified atom stereocenters. The normalized spacial score (nSPS) is 21.4. The average Bonchev–Trinajstić information content (AvgIpc) is 3.40. The van der Waals surface area contributed by atoms with E-state index >= 15 is 0 Å². The van der Waals surface area contributed by atoms with Gasteiger partial charge >= 0.3 is 6.18 Å². The SMILES string of the molecule is CC[C@@H]1CN(C(=O)Cn2nc(C3CC3)cc(C(F)(F)F)c2=O)CCO1. The summed E-state index contributed by atoms with van der Waals surface area (Å²) < 4.78 is 45.5. The summed E-state index contributed by atoms with van der Waals surface area (Å²) in [6, 6.07) is 0.822. The molecule has 2 fully saturated rings. The van der Waals surface area contributed by atoms with Crippen molar-refractivity contribution >= 4 is 5.91 Å². The van der Waals surface area contributed by atoms with Crippen molar-refractivity contribution in [2.45, 2.75) is 50.9 Å². The van der Waals surface area contributed by atoms with Crippen LogP contribution < -0.4 is 5.56 Å². The standard InChI is InChI=1S/C16H20F3N3O3/c1-2-11-8-21(5-6-25-11)14(23)9-22-15(24)12(16(17,18)19)7-13(20-22)10-3-4-10/h7,10-11H,2-6,8-9H2,1H3/t11-/m1/s1. The molecule has 1 amide bonds. The van der Waals surface area contributed by atoms with Gasteiger partial charge in [0.1, 0.15) is 12.1 Å². The van der Waals surface area contributed by atoms with Crippen LogP contribution in [0.2, 0.25) is 0 Å². The van der Waals surface area contributed by atoms with Crippen molar-refractivity contribution in [1.29, 1.82) is 0 Å². The van der Waals surface area contributed by atoms with Crippen LogP contribution in [-0.4, -0.2) is 46.4 Å². The number of hydrogen-bond donors (Lipinski definition) is 0. The minimum atomic E-state index is -4.76. The lowest BCUT2D eigenvalue weighted by Gasteiger charge is -2.32. The van der Waals surface area contributed by atoms with Gasteiger partial charge in [0.05, 0.1) is 18.4 Å². The van der Waals surface area contributed by atoms with Crippen LogP contribution in [0.1, 0.15) is 43.4 Å². The van der Waals surface area contributed by atoms with E-state index in [1.807, 2.05) is 6.92 Å². The Kier molecular flexibility index (Phi) is 4.86. The number of hydrogen-bond acceptors (Lipinski definition) is 4. The molecule has 0 spiro atoms. The first-order chi connectivity index (χ1) is 11.8. The summed E-state index contributed by atoms with van der Waals surface area (Å²) in [5.74, 6) is -0.478. The number of ether oxygens (including phenoxy) is 1. The first-order valence-electron chi connectivity index (χ1n) is 8.38. The second kappa shape index (κ2) is 6.78. The fraction of sp³-hybridized carbons (Fsp3) is 0.688. The zero-order valence-electron chi connectivity index (χ0n) is 13.9. The number of carbonyl (C=O) groups excluding carboxylic acids is 1. The zero-order chi connectivity index (χ0) is 18.2. The Bertz CT molecular complexity index is 713. The van der Waals surface area contributed by atoms with E-state index in [0.29, 0.717) is 24.4 Å². The van der Waals surface area contributed by atoms with E-state index in [9.17, 15) is 22.8 Å². The lowest BCUT2D eigenvalue weighted by molar-refractivity contribution is -0.142. The molecule has 138 valence electrons. The van der Waals surface area contributed by atoms with Gasteiger partial charge in [0.15, 0.2) is 0 Å². The van der Waals surface area contributed by atoms with E-state index in [1.54, 1.807) is 0 Å². The molecule has 0 aromatic carbocycles. The van der Waals surface area contributed by atoms with Crippen LogP contribution >= 0.6 is 0 Å². The molecule has 1 atom stereocenters. The summed E-state index contributed by atoms with van der Waals surface area (Å²) in [4.78, 5) is 26.1. The van der Waals surface area contributed by atoms with Crippen LogP contribution in [0.4, 0.5) is 13.2 Å². The summed E-state index contributed by atoms with van der Waals surface area (Å²) >= 11 is 0. The molecule has 1 aromatic heterocycles. The lowest BCUT2D eigenvalue weighted by atomic mass is 10.2. The van der Waals surface area contributed by atoms with Crippen molar-refractivity contribution in [3.63, 3.8) is 0 Å². The second-order valence-corrected chi connectivity index (χ2v) is 6.46. The molecule has 1 aliphatic carbocycles. The molecule has 2 aliphatic rings. The van der Waals surface area contributed by atoms with Gasteiger partial charge in [-0.3, -0.25) is 9.59 Å². The maximum Gasteiger partial charge on any atom is 0.421 e. The van der Waals surface area contributed by atoms with Crippen LogP contribution in [-0.2, 0) is 22.3 Å². The van der Waals surface area contributed by atoms with E-state index in [2.05, 4.69) is 5.10 Å². The van der Waals surface area contributed by atoms with Crippen molar-refractivity contribution in [2.75, 3.05) is 19.7 Å². The molecule has 0 radical (unpaired) electrons. The number of amides is 1. The Labute approximate surface area is 142 Å². The van der Waals surface area contributed by atoms with Crippen LogP contribution in [0.15, 0.2) is 10.9 Å². The highest BCUT2D eigenvalue weighted by molar-refractivity contribution is 5.76. The number of nitrogens with zero attached hydrogens (tertiary/aromatic N) is 3. The number of morpholine rings is 1. The van der Waals surface area contributed by atoms with Gasteiger partial charge in [-0.15, -0.1) is 0 Å². The molecule has 2 heterocycles. The average molecular weight is 359 g/mol. The van der Waals surface area contributed by atoms with Crippen molar-refractivity contribution in [2.24, 2.45) is 0 Å². The smallest absolute Gasteiger partial charge is 0.375 e. The summed E-state index contributed by atoms with van der Waals surface area (Å²) in [6.07, 6.45) is -2.63. The van der Waals surface area contributed by atoms with Gasteiger partial charge in [-0.1, -0.05) is 6.92 Å². The Morgan fingerprint density at radius 3 is 2.72 bits per heavy atom. The van der Waals surface area contributed by atoms with Gasteiger partial charge in [-0.05, 0) is 25.3 Å². The van der Waals surface area contributed by atoms with E-state index in [1.165, 1.54) is 4.90 Å². The highest BCUT2D eigenvalue weighted by Crippen LogP contribution is 2.40. The van der Waals surface area contributed by atoms with Gasteiger partial charge in [0.2, 0.25) is 5.91 Å². The predicted octanol–water partition coefficient (Wildman–Crippen LogP) is 1.78. The van der Waals surface area contributed by atoms with Crippen LogP contribution in [0.5, 0.6) is 0 Å². The fourth-order valence-corrected chi connectivity index (χ4v) is 2.87. The van der Waals surface area contributed by atoms with Gasteiger partial charge in [-0.2, -0.15) is 18.3 Å². The Balaban J connectivity index is 1.85. The Morgan fingerprint density at radius 2 is 2.12 bits per heavy atom. The molecule has 1 saturated carbocycles. The van der Waals surface area contributed by atoms with Gasteiger partial charge in [0.25, 0.3) is 5.56 Å². The lowest BCUT2D eigenvalue weighted by Crippen LogP contribution is -2.47. The van der Waals surface area contributed by atoms with E-state index in [4.69, 9.17) is 4.74 Å². The molecule has 9 heteroatoms. The predicted molar refractivity (Wildman–Crippen MR) is 82.1 cm³/mol. The molecule has 1 saturated heterocycles. The Morgan fingerprint density at radius 1 is 1.40 bits per heavy atom. The molecule has 1 aliphatic heterocycles. The number of aromatic nitrogens is 2. The molecule has 0 bridgehead atoms. The highest BCUT2D eigenvalue weighted by Gasteiger charge is 2.38. The topological polar surface area (TPSA) is 64.4 Å². The van der Waals surface area contributed by atoms with Gasteiger partial charge < -0.3 is 9.64 Å². The van der Waals surface area contributed by atoms with E-state index in [-0.39, 0.29) is 17.7 Å². The van der Waals surface area contributed by atoms with E-state index < -0.39 is 29.8 Å². The van der Waals surface area contributed by atoms with E-state index in [0.717, 1.165) is 25.3 Å². The summed E-state index contributed by atoms with van der Waals surface area (Å²) in [6.45, 7) is 2.55. The third kappa shape index (κ3) is 4.02. The van der Waals surface area contributed by atoms with Crippen molar-refractivity contribution < 1.29 is 22.7 Å². The molecule has 6 nitrogen and oxygen atoms in total. The van der Waals surface area contributed by atoms with Crippen LogP contribution in [0.25, 0.3) is 0 Å². The van der Waals surface area contributed by atoms with Crippen molar-refractivity contribution in [3.05, 3.63) is 27.7 Å². The van der Waals surface area contributed by atoms with Crippen LogP contribution in [0.3, 0.4) is 0 Å². The first-order valence-corrected chi connectivity index (χ1v) is 8.38. The third-order valence-electron chi connectivity index (χ3n) is 4.53. The minimum Gasteiger partial charge on any atom is -0.375 e. The molecule has 1 aromatic rings. The zero-order valence-corrected chi connectivity index (χ0v) is 13.9. The van der Waals surface area contributed by atoms with Crippen LogP contribution in [0, 0.1) is 0 Å². The largest absolute Gasteiger partial charge is 0.421 e. The number of halogens is 3. The summed E-state index contributed by atoms with van der Waals surface area (Å²) in [5.41, 5.74) is -2.30. The molecule has 0 N–H and O–H groups in total. The number of carbonyl (C=O) groups is 1. The maximum absolute atomic E-state index is 13.1. The van der Waals surface area contributed by atoms with Crippen molar-refractivity contribution in [3.8, 4) is 0 Å². The molecule has 3 rings (SSSR count). The van der Waals surface area contributed by atoms with Gasteiger partial charge in [-0.25, -0.2) is 4.68 Å². The quantitative estimate of drug-likeness (QED) is 0.822. The fourth-order valence-electron chi connectivity index (χ4n) is 2.87. The van der Waals surface area contributed by atoms with Gasteiger partial charge in [0, 0.05) is 19.0 Å². The number of alkyl halides is 3. The Hall–Kier alpha value is -1.90. The van der Waals surface area contributed by atoms with Crippen molar-refractivity contribution in [1.82, 2.24) is 14.7 Å². The summed E-state index contributed by atoms with van der Waals surface area (Å²) in [5, 5.41) is 4.01.